The number of phosphoric ester groups is 1. The van der Waals surface area contributed by atoms with Gasteiger partial charge < -0.3 is 25.2 Å². The standard InChI is InChI=1S/C36H62NO9P/c1-3-5-7-9-11-13-14-15-16-17-18-19-21-23-25-27-29-43-30-33(31-44-47(41,42)45-32-34(37)36(39)40)46-35(38)28-26-24-22-20-12-10-8-6-4-2/h5,7,11,13,15-16,18-19,23,25,33-34H,3-4,6,8-10,12,14,17,20-22,24,26-32,37H2,1-2H3,(H,39,40)(H,41,42)/b7-5-,13-11-,16-15-,19-18-,25-23-. The van der Waals surface area contributed by atoms with Crippen molar-refractivity contribution < 1.29 is 42.7 Å². The van der Waals surface area contributed by atoms with Gasteiger partial charge in [-0.2, -0.15) is 0 Å². The number of phosphoric acid groups is 1. The fourth-order valence-corrected chi connectivity index (χ4v) is 4.91. The van der Waals surface area contributed by atoms with E-state index in [1.807, 2.05) is 12.2 Å². The molecule has 0 radical (unpaired) electrons. The zero-order valence-corrected chi connectivity index (χ0v) is 29.7. The molecular formula is C36H62NO9P. The van der Waals surface area contributed by atoms with Crippen LogP contribution < -0.4 is 5.73 Å². The Bertz CT molecular complexity index is 978. The number of nitrogens with two attached hydrogens (primary N) is 1. The van der Waals surface area contributed by atoms with Crippen LogP contribution in [0, 0.1) is 0 Å². The van der Waals surface area contributed by atoms with Crippen molar-refractivity contribution in [3.63, 3.8) is 0 Å². The van der Waals surface area contributed by atoms with Gasteiger partial charge in [-0.1, -0.05) is 126 Å². The summed E-state index contributed by atoms with van der Waals surface area (Å²) in [7, 11) is -4.62. The number of carboxylic acids is 1. The number of aliphatic carboxylic acids is 1. The first kappa shape index (κ1) is 44.7. The van der Waals surface area contributed by atoms with E-state index < -0.39 is 45.1 Å². The molecular weight excluding hydrogens is 621 g/mol. The van der Waals surface area contributed by atoms with Gasteiger partial charge in [-0.05, 0) is 44.9 Å². The van der Waals surface area contributed by atoms with Crippen molar-refractivity contribution in [3.8, 4) is 0 Å². The average Bonchev–Trinajstić information content (AvgIpc) is 3.04. The molecule has 0 spiro atoms. The third-order valence-corrected chi connectivity index (χ3v) is 7.78. The van der Waals surface area contributed by atoms with Crippen molar-refractivity contribution in [2.24, 2.45) is 5.73 Å². The molecule has 10 nitrogen and oxygen atoms in total. The molecule has 3 unspecified atom stereocenters. The van der Waals surface area contributed by atoms with E-state index >= 15 is 0 Å². The van der Waals surface area contributed by atoms with E-state index in [9.17, 15) is 19.0 Å². The number of hydrogen-bond donors (Lipinski definition) is 3. The molecule has 47 heavy (non-hydrogen) atoms. The quantitative estimate of drug-likeness (QED) is 0.0272. The summed E-state index contributed by atoms with van der Waals surface area (Å²) in [5.74, 6) is -1.82. The Hall–Kier alpha value is -2.33. The van der Waals surface area contributed by atoms with Crippen molar-refractivity contribution in [2.75, 3.05) is 26.4 Å². The average molecular weight is 684 g/mol. The number of allylic oxidation sites excluding steroid dienone is 9. The maximum absolute atomic E-state index is 12.5. The Morgan fingerprint density at radius 1 is 0.702 bits per heavy atom. The van der Waals surface area contributed by atoms with E-state index in [-0.39, 0.29) is 13.0 Å². The zero-order chi connectivity index (χ0) is 34.9. The number of hydrogen-bond acceptors (Lipinski definition) is 8. The zero-order valence-electron chi connectivity index (χ0n) is 28.8. The van der Waals surface area contributed by atoms with E-state index in [1.165, 1.54) is 32.1 Å². The predicted octanol–water partition coefficient (Wildman–Crippen LogP) is 8.52. The number of ether oxygens (including phenoxy) is 2. The Balaban J connectivity index is 4.48. The molecule has 270 valence electrons. The van der Waals surface area contributed by atoms with E-state index in [2.05, 4.69) is 67.0 Å². The van der Waals surface area contributed by atoms with Crippen LogP contribution in [0.15, 0.2) is 60.8 Å². The topological polar surface area (TPSA) is 155 Å². The molecule has 0 saturated heterocycles. The Morgan fingerprint density at radius 2 is 1.19 bits per heavy atom. The second-order valence-corrected chi connectivity index (χ2v) is 12.7. The van der Waals surface area contributed by atoms with Crippen molar-refractivity contribution in [1.29, 1.82) is 0 Å². The number of carbonyl (C=O) groups excluding carboxylic acids is 1. The molecule has 0 aliphatic rings. The van der Waals surface area contributed by atoms with Crippen LogP contribution in [0.25, 0.3) is 0 Å². The molecule has 0 rings (SSSR count). The maximum atomic E-state index is 12.5. The van der Waals surface area contributed by atoms with Gasteiger partial charge in [0.25, 0.3) is 0 Å². The fraction of sp³-hybridized carbons (Fsp3) is 0.667. The Kier molecular flexibility index (Phi) is 30.6. The molecule has 0 aromatic rings. The van der Waals surface area contributed by atoms with Crippen molar-refractivity contribution in [2.45, 2.75) is 129 Å². The van der Waals surface area contributed by atoms with Gasteiger partial charge in [0.05, 0.1) is 26.4 Å². The Labute approximate surface area is 283 Å². The highest BCUT2D eigenvalue weighted by Gasteiger charge is 2.27. The predicted molar refractivity (Wildman–Crippen MR) is 189 cm³/mol. The summed E-state index contributed by atoms with van der Waals surface area (Å²) in [5, 5.41) is 8.83. The molecule has 0 bridgehead atoms. The van der Waals surface area contributed by atoms with Gasteiger partial charge in [-0.3, -0.25) is 18.6 Å². The van der Waals surface area contributed by atoms with Crippen LogP contribution >= 0.6 is 7.82 Å². The second-order valence-electron chi connectivity index (χ2n) is 11.3. The lowest BCUT2D eigenvalue weighted by molar-refractivity contribution is -0.154. The molecule has 4 N–H and O–H groups in total. The van der Waals surface area contributed by atoms with E-state index in [0.29, 0.717) is 19.4 Å². The molecule has 11 heteroatoms. The molecule has 0 aliphatic carbocycles. The van der Waals surface area contributed by atoms with Crippen LogP contribution in [0.5, 0.6) is 0 Å². The minimum absolute atomic E-state index is 0.0388. The number of unbranched alkanes of at least 4 members (excludes halogenated alkanes) is 8. The van der Waals surface area contributed by atoms with E-state index in [0.717, 1.165) is 51.4 Å². The molecule has 0 amide bonds. The van der Waals surface area contributed by atoms with Crippen molar-refractivity contribution in [3.05, 3.63) is 60.8 Å². The first-order valence-electron chi connectivity index (χ1n) is 17.3. The molecule has 0 heterocycles. The molecule has 3 atom stereocenters. The molecule has 0 aliphatic heterocycles. The van der Waals surface area contributed by atoms with Gasteiger partial charge >= 0.3 is 19.8 Å². The van der Waals surface area contributed by atoms with Gasteiger partial charge in [0.2, 0.25) is 0 Å². The van der Waals surface area contributed by atoms with Crippen LogP contribution in [-0.2, 0) is 32.7 Å². The molecule has 0 aromatic carbocycles. The van der Waals surface area contributed by atoms with Crippen LogP contribution in [-0.4, -0.2) is 60.5 Å². The number of carbonyl (C=O) groups is 2. The fourth-order valence-electron chi connectivity index (χ4n) is 4.14. The number of carboxylic acid groups (broad SMARTS) is 1. The first-order chi connectivity index (χ1) is 22.7. The van der Waals surface area contributed by atoms with Crippen LogP contribution in [0.4, 0.5) is 0 Å². The lowest BCUT2D eigenvalue weighted by Gasteiger charge is -2.20. The number of esters is 1. The summed E-state index contributed by atoms with van der Waals surface area (Å²) in [6.45, 7) is 3.48. The van der Waals surface area contributed by atoms with Crippen LogP contribution in [0.2, 0.25) is 0 Å². The summed E-state index contributed by atoms with van der Waals surface area (Å²) in [5.41, 5.74) is 5.31. The smallest absolute Gasteiger partial charge is 0.472 e. The summed E-state index contributed by atoms with van der Waals surface area (Å²) in [6, 6.07) is -1.48. The highest BCUT2D eigenvalue weighted by molar-refractivity contribution is 7.47. The molecule has 0 aromatic heterocycles. The van der Waals surface area contributed by atoms with E-state index in [4.69, 9.17) is 24.8 Å². The minimum atomic E-state index is -4.62. The lowest BCUT2D eigenvalue weighted by Crippen LogP contribution is -2.34. The minimum Gasteiger partial charge on any atom is -0.480 e. The normalized spacial score (nSPS) is 15.0. The van der Waals surface area contributed by atoms with Gasteiger partial charge in [0.1, 0.15) is 12.1 Å². The highest BCUT2D eigenvalue weighted by atomic mass is 31.2. The largest absolute Gasteiger partial charge is 0.480 e. The monoisotopic (exact) mass is 683 g/mol. The van der Waals surface area contributed by atoms with Gasteiger partial charge in [-0.15, -0.1) is 0 Å². The van der Waals surface area contributed by atoms with Gasteiger partial charge in [0, 0.05) is 6.42 Å². The van der Waals surface area contributed by atoms with Crippen LogP contribution in [0.1, 0.15) is 117 Å². The Morgan fingerprint density at radius 3 is 1.72 bits per heavy atom. The van der Waals surface area contributed by atoms with Crippen LogP contribution in [0.3, 0.4) is 0 Å². The lowest BCUT2D eigenvalue weighted by atomic mass is 10.1. The summed E-state index contributed by atoms with van der Waals surface area (Å²) in [4.78, 5) is 33.2. The van der Waals surface area contributed by atoms with Gasteiger partial charge in [-0.25, -0.2) is 4.57 Å². The SMILES string of the molecule is CC/C=C\C/C=C\C/C=C\C/C=C\C/C=C\CCOCC(COP(=O)(O)OCC(N)C(=O)O)OC(=O)CCCCCCCCCCC. The molecule has 0 fully saturated rings. The van der Waals surface area contributed by atoms with Gasteiger partial charge in [0.15, 0.2) is 0 Å². The first-order valence-corrected chi connectivity index (χ1v) is 18.8. The summed E-state index contributed by atoms with van der Waals surface area (Å²) >= 11 is 0. The maximum Gasteiger partial charge on any atom is 0.472 e. The second kappa shape index (κ2) is 32.2. The summed E-state index contributed by atoms with van der Waals surface area (Å²) < 4.78 is 32.9. The summed E-state index contributed by atoms with van der Waals surface area (Å²) in [6.07, 6.45) is 36.0. The third kappa shape index (κ3) is 32.0. The van der Waals surface area contributed by atoms with Crippen molar-refractivity contribution >= 4 is 19.8 Å². The number of rotatable bonds is 32. The highest BCUT2D eigenvalue weighted by Crippen LogP contribution is 2.43. The van der Waals surface area contributed by atoms with E-state index in [1.54, 1.807) is 0 Å². The van der Waals surface area contributed by atoms with Crippen molar-refractivity contribution in [1.82, 2.24) is 0 Å². The third-order valence-electron chi connectivity index (χ3n) is 6.83. The molecule has 0 saturated carbocycles.